The SMILES string of the molecule is Cl.Cl.Cl.[C-]1=CC=CC1.[Ti].c1ccc([Si](c2ccccc2)c2ccccc2)cc1. The van der Waals surface area contributed by atoms with Crippen molar-refractivity contribution >= 4 is 61.6 Å². The summed E-state index contributed by atoms with van der Waals surface area (Å²) in [6.07, 6.45) is 10.0. The Labute approximate surface area is 203 Å². The molecule has 145 valence electrons. The third-order valence-corrected chi connectivity index (χ3v) is 6.51. The summed E-state index contributed by atoms with van der Waals surface area (Å²) >= 11 is 0. The van der Waals surface area contributed by atoms with Crippen molar-refractivity contribution < 1.29 is 21.7 Å². The molecule has 0 saturated heterocycles. The van der Waals surface area contributed by atoms with Crippen LogP contribution in [-0.4, -0.2) is 8.80 Å². The van der Waals surface area contributed by atoms with Crippen LogP contribution >= 0.6 is 37.2 Å². The summed E-state index contributed by atoms with van der Waals surface area (Å²) in [4.78, 5) is 0. The summed E-state index contributed by atoms with van der Waals surface area (Å²) in [5.41, 5.74) is 0. The van der Waals surface area contributed by atoms with Crippen molar-refractivity contribution in [1.29, 1.82) is 0 Å². The van der Waals surface area contributed by atoms with Gasteiger partial charge in [-0.3, -0.25) is 6.08 Å². The molecule has 0 nitrogen and oxygen atoms in total. The molecular weight excluding hydrogens is 459 g/mol. The van der Waals surface area contributed by atoms with Crippen LogP contribution in [0.5, 0.6) is 0 Å². The first-order valence-corrected chi connectivity index (χ1v) is 9.70. The van der Waals surface area contributed by atoms with Crippen LogP contribution in [0.1, 0.15) is 6.42 Å². The Bertz CT molecular complexity index is 690. The van der Waals surface area contributed by atoms with E-state index in [0.717, 1.165) is 6.42 Å². The molecule has 4 rings (SSSR count). The molecule has 1 aliphatic carbocycles. The largest absolute Gasteiger partial charge is 0.273 e. The molecule has 0 fully saturated rings. The van der Waals surface area contributed by atoms with E-state index in [9.17, 15) is 0 Å². The molecule has 0 bridgehead atoms. The minimum atomic E-state index is -0.877. The first-order chi connectivity index (χ1) is 11.9. The van der Waals surface area contributed by atoms with Crippen molar-refractivity contribution in [3.05, 3.63) is 115 Å². The predicted octanol–water partition coefficient (Wildman–Crippen LogP) is 4.77. The fraction of sp³-hybridized carbons (Fsp3) is 0.0435. The zero-order chi connectivity index (χ0) is 16.5. The minimum absolute atomic E-state index is 0. The third kappa shape index (κ3) is 8.96. The summed E-state index contributed by atoms with van der Waals surface area (Å²) in [6.45, 7) is 0. The van der Waals surface area contributed by atoms with Gasteiger partial charge in [0.2, 0.25) is 0 Å². The second-order valence-electron chi connectivity index (χ2n) is 5.48. The zero-order valence-electron chi connectivity index (χ0n) is 15.3. The van der Waals surface area contributed by atoms with Gasteiger partial charge in [0.05, 0.1) is 0 Å². The van der Waals surface area contributed by atoms with E-state index < -0.39 is 8.80 Å². The number of allylic oxidation sites excluding steroid dienone is 4. The van der Waals surface area contributed by atoms with Crippen LogP contribution in [0, 0.1) is 6.08 Å². The maximum absolute atomic E-state index is 2.99. The van der Waals surface area contributed by atoms with Gasteiger partial charge in [-0.05, 0) is 0 Å². The van der Waals surface area contributed by atoms with E-state index in [-0.39, 0.29) is 58.9 Å². The van der Waals surface area contributed by atoms with Crippen LogP contribution < -0.4 is 15.6 Å². The molecule has 5 heteroatoms. The van der Waals surface area contributed by atoms with Gasteiger partial charge in [-0.15, -0.1) is 43.6 Å². The third-order valence-electron chi connectivity index (χ3n) is 3.77. The molecule has 0 spiro atoms. The Hall–Kier alpha value is -1.06. The topological polar surface area (TPSA) is 0 Å². The smallest absolute Gasteiger partial charge is 0.154 e. The Morgan fingerprint density at radius 3 is 1.14 bits per heavy atom. The quantitative estimate of drug-likeness (QED) is 0.287. The molecule has 1 radical (unpaired) electrons. The van der Waals surface area contributed by atoms with Crippen molar-refractivity contribution in [3.63, 3.8) is 0 Å². The molecule has 0 atom stereocenters. The van der Waals surface area contributed by atoms with Gasteiger partial charge >= 0.3 is 0 Å². The van der Waals surface area contributed by atoms with Crippen LogP contribution in [0.4, 0.5) is 0 Å². The van der Waals surface area contributed by atoms with Gasteiger partial charge in [0.15, 0.2) is 8.80 Å². The maximum atomic E-state index is 2.99. The van der Waals surface area contributed by atoms with Gasteiger partial charge in [-0.2, -0.15) is 6.08 Å². The molecule has 0 heterocycles. The van der Waals surface area contributed by atoms with Gasteiger partial charge in [0.25, 0.3) is 0 Å². The Balaban J connectivity index is 0. The standard InChI is InChI=1S/C18H15Si.C5H5.3ClH.Ti/c1-4-10-16(11-5-1)19(17-12-6-2-7-13-17)18-14-8-3-9-15-18;1-2-4-5-3-1;;;;/h1-15H;1-3H,4H2;3*1H;/q;-1;;;;. The normalized spacial score (nSPS) is 10.3. The molecule has 0 unspecified atom stereocenters. The fourth-order valence-electron chi connectivity index (χ4n) is 2.65. The van der Waals surface area contributed by atoms with Crippen molar-refractivity contribution in [3.8, 4) is 0 Å². The van der Waals surface area contributed by atoms with Crippen LogP contribution in [0.15, 0.2) is 109 Å². The molecule has 0 saturated carbocycles. The van der Waals surface area contributed by atoms with Crippen LogP contribution in [0.25, 0.3) is 0 Å². The van der Waals surface area contributed by atoms with E-state index in [1.807, 2.05) is 12.2 Å². The molecule has 0 N–H and O–H groups in total. The number of hydrogen-bond acceptors (Lipinski definition) is 0. The monoisotopic (exact) mass is 480 g/mol. The summed E-state index contributed by atoms with van der Waals surface area (Å²) in [5, 5.41) is 4.31. The molecule has 0 aromatic heterocycles. The molecule has 0 aliphatic heterocycles. The molecule has 3 aromatic carbocycles. The van der Waals surface area contributed by atoms with Crippen molar-refractivity contribution in [1.82, 2.24) is 0 Å². The first-order valence-electron chi connectivity index (χ1n) is 8.20. The fourth-order valence-corrected chi connectivity index (χ4v) is 5.23. The number of benzene rings is 3. The van der Waals surface area contributed by atoms with Gasteiger partial charge in [-0.1, -0.05) is 107 Å². The van der Waals surface area contributed by atoms with Gasteiger partial charge in [-0.25, -0.2) is 12.2 Å². The molecule has 28 heavy (non-hydrogen) atoms. The van der Waals surface area contributed by atoms with Gasteiger partial charge in [0, 0.05) is 21.7 Å². The molecular formula is C23H23Cl3SiTi-. The van der Waals surface area contributed by atoms with Crippen LogP contribution in [0.2, 0.25) is 0 Å². The van der Waals surface area contributed by atoms with E-state index >= 15 is 0 Å². The van der Waals surface area contributed by atoms with E-state index in [4.69, 9.17) is 0 Å². The summed E-state index contributed by atoms with van der Waals surface area (Å²) in [7, 11) is -0.877. The second kappa shape index (κ2) is 16.9. The minimum Gasteiger partial charge on any atom is -0.273 e. The number of rotatable bonds is 3. The maximum Gasteiger partial charge on any atom is 0.154 e. The molecule has 3 aromatic rings. The van der Waals surface area contributed by atoms with Crippen molar-refractivity contribution in [2.75, 3.05) is 0 Å². The summed E-state index contributed by atoms with van der Waals surface area (Å²) in [6, 6.07) is 32.5. The summed E-state index contributed by atoms with van der Waals surface area (Å²) in [5.74, 6) is 0. The second-order valence-corrected chi connectivity index (χ2v) is 7.96. The Kier molecular flexibility index (Phi) is 17.5. The van der Waals surface area contributed by atoms with Gasteiger partial charge in [0.1, 0.15) is 0 Å². The van der Waals surface area contributed by atoms with Gasteiger partial charge < -0.3 is 0 Å². The number of halogens is 3. The number of hydrogen-bond donors (Lipinski definition) is 0. The zero-order valence-corrected chi connectivity index (χ0v) is 20.3. The van der Waals surface area contributed by atoms with E-state index in [2.05, 4.69) is 103 Å². The average molecular weight is 482 g/mol. The predicted molar refractivity (Wildman–Crippen MR) is 127 cm³/mol. The van der Waals surface area contributed by atoms with E-state index in [0.29, 0.717) is 0 Å². The Morgan fingerprint density at radius 2 is 0.929 bits per heavy atom. The van der Waals surface area contributed by atoms with Crippen molar-refractivity contribution in [2.24, 2.45) is 0 Å². The first kappa shape index (κ1) is 29.1. The average Bonchev–Trinajstić information content (AvgIpc) is 3.25. The molecule has 1 aliphatic rings. The van der Waals surface area contributed by atoms with Crippen LogP contribution in [-0.2, 0) is 21.7 Å². The Morgan fingerprint density at radius 1 is 0.571 bits per heavy atom. The van der Waals surface area contributed by atoms with E-state index in [1.54, 1.807) is 0 Å². The van der Waals surface area contributed by atoms with E-state index in [1.165, 1.54) is 15.6 Å². The molecule has 0 amide bonds. The summed E-state index contributed by atoms with van der Waals surface area (Å²) < 4.78 is 0. The van der Waals surface area contributed by atoms with Crippen LogP contribution in [0.3, 0.4) is 0 Å². The van der Waals surface area contributed by atoms with Crippen molar-refractivity contribution in [2.45, 2.75) is 6.42 Å².